The minimum Gasteiger partial charge on any atom is -0.385 e. The van der Waals surface area contributed by atoms with E-state index in [1.807, 2.05) is 27.2 Å². The summed E-state index contributed by atoms with van der Waals surface area (Å²) in [5.41, 5.74) is 1.57. The summed E-state index contributed by atoms with van der Waals surface area (Å²) in [7, 11) is 1.67. The summed E-state index contributed by atoms with van der Waals surface area (Å²) in [4.78, 5) is 4.48. The van der Waals surface area contributed by atoms with E-state index in [-0.39, 0.29) is 11.9 Å². The van der Waals surface area contributed by atoms with Crippen molar-refractivity contribution in [3.8, 4) is 0 Å². The van der Waals surface area contributed by atoms with Gasteiger partial charge >= 0.3 is 0 Å². The lowest BCUT2D eigenvalue weighted by molar-refractivity contribution is 0.181. The number of alkyl halides is 1. The van der Waals surface area contributed by atoms with Crippen molar-refractivity contribution < 1.29 is 9.13 Å². The highest BCUT2D eigenvalue weighted by atomic mass is 127. The van der Waals surface area contributed by atoms with E-state index in [2.05, 4.69) is 11.9 Å². The molecule has 0 saturated carbocycles. The SMILES string of the molecule is COCCC(C)n1c(CCl)nc2cc(I)c(F)cc21. The molecule has 0 N–H and O–H groups in total. The molecular weight excluding hydrogens is 382 g/mol. The van der Waals surface area contributed by atoms with Crippen LogP contribution < -0.4 is 0 Å². The zero-order valence-corrected chi connectivity index (χ0v) is 13.7. The molecule has 0 saturated heterocycles. The number of hydrogen-bond donors (Lipinski definition) is 0. The van der Waals surface area contributed by atoms with Crippen molar-refractivity contribution in [1.82, 2.24) is 9.55 Å². The molecular formula is C13H15ClFIN2O. The Morgan fingerprint density at radius 3 is 2.89 bits per heavy atom. The van der Waals surface area contributed by atoms with E-state index in [4.69, 9.17) is 16.3 Å². The number of nitrogens with zero attached hydrogens (tertiary/aromatic N) is 2. The van der Waals surface area contributed by atoms with Crippen LogP contribution >= 0.6 is 34.2 Å². The first kappa shape index (κ1) is 15.0. The van der Waals surface area contributed by atoms with Gasteiger partial charge in [0.15, 0.2) is 0 Å². The number of rotatable bonds is 5. The van der Waals surface area contributed by atoms with E-state index in [0.29, 0.717) is 16.1 Å². The van der Waals surface area contributed by atoms with Crippen LogP contribution in [-0.4, -0.2) is 23.3 Å². The lowest BCUT2D eigenvalue weighted by atomic mass is 10.2. The fourth-order valence-electron chi connectivity index (χ4n) is 2.14. The Bertz CT molecular complexity index is 588. The van der Waals surface area contributed by atoms with Gasteiger partial charge in [0, 0.05) is 25.8 Å². The fourth-order valence-corrected chi connectivity index (χ4v) is 2.78. The molecule has 0 aliphatic carbocycles. The van der Waals surface area contributed by atoms with Crippen LogP contribution in [0.3, 0.4) is 0 Å². The number of aromatic nitrogens is 2. The van der Waals surface area contributed by atoms with Gasteiger partial charge < -0.3 is 9.30 Å². The van der Waals surface area contributed by atoms with E-state index in [9.17, 15) is 4.39 Å². The van der Waals surface area contributed by atoms with Crippen LogP contribution in [0.5, 0.6) is 0 Å². The van der Waals surface area contributed by atoms with Crippen molar-refractivity contribution in [2.24, 2.45) is 0 Å². The fraction of sp³-hybridized carbons (Fsp3) is 0.462. The quantitative estimate of drug-likeness (QED) is 0.562. The standard InChI is InChI=1S/C13H15ClFIN2O/c1-8(3-4-19-2)18-12-5-9(15)10(16)6-11(12)17-13(18)7-14/h5-6,8H,3-4,7H2,1-2H3. The smallest absolute Gasteiger partial charge is 0.138 e. The molecule has 0 spiro atoms. The largest absolute Gasteiger partial charge is 0.385 e. The molecule has 6 heteroatoms. The third kappa shape index (κ3) is 3.03. The van der Waals surface area contributed by atoms with Crippen LogP contribution in [0.2, 0.25) is 0 Å². The molecule has 0 aliphatic heterocycles. The number of halogens is 3. The number of methoxy groups -OCH3 is 1. The minimum absolute atomic E-state index is 0.165. The highest BCUT2D eigenvalue weighted by Gasteiger charge is 2.17. The first-order valence-corrected chi connectivity index (χ1v) is 7.60. The molecule has 0 amide bonds. The van der Waals surface area contributed by atoms with Crippen molar-refractivity contribution in [3.63, 3.8) is 0 Å². The highest BCUT2D eigenvalue weighted by molar-refractivity contribution is 14.1. The van der Waals surface area contributed by atoms with E-state index in [0.717, 1.165) is 23.3 Å². The first-order valence-electron chi connectivity index (χ1n) is 5.99. The Kier molecular flexibility index (Phi) is 5.03. The molecule has 19 heavy (non-hydrogen) atoms. The van der Waals surface area contributed by atoms with E-state index >= 15 is 0 Å². The van der Waals surface area contributed by atoms with Crippen LogP contribution in [0.4, 0.5) is 4.39 Å². The number of benzene rings is 1. The molecule has 1 unspecified atom stereocenters. The number of fused-ring (bicyclic) bond motifs is 1. The lowest BCUT2D eigenvalue weighted by Gasteiger charge is -2.16. The number of ether oxygens (including phenoxy) is 1. The molecule has 104 valence electrons. The monoisotopic (exact) mass is 396 g/mol. The second kappa shape index (κ2) is 6.37. The van der Waals surface area contributed by atoms with Crippen molar-refractivity contribution in [2.75, 3.05) is 13.7 Å². The maximum atomic E-state index is 13.8. The maximum absolute atomic E-state index is 13.8. The highest BCUT2D eigenvalue weighted by Crippen LogP contribution is 2.27. The maximum Gasteiger partial charge on any atom is 0.138 e. The molecule has 0 fully saturated rings. The minimum atomic E-state index is -0.227. The Labute approximate surface area is 130 Å². The second-order valence-corrected chi connectivity index (χ2v) is 5.85. The normalized spacial score (nSPS) is 13.1. The van der Waals surface area contributed by atoms with E-state index in [1.54, 1.807) is 13.2 Å². The van der Waals surface area contributed by atoms with Gasteiger partial charge in [0.05, 0.1) is 20.5 Å². The molecule has 1 aromatic heterocycles. The summed E-state index contributed by atoms with van der Waals surface area (Å²) >= 11 is 7.92. The average molecular weight is 397 g/mol. The van der Waals surface area contributed by atoms with Crippen LogP contribution in [0.25, 0.3) is 11.0 Å². The third-order valence-corrected chi connectivity index (χ3v) is 4.17. The van der Waals surface area contributed by atoms with Crippen LogP contribution in [-0.2, 0) is 10.6 Å². The Morgan fingerprint density at radius 1 is 1.53 bits per heavy atom. The lowest BCUT2D eigenvalue weighted by Crippen LogP contribution is -2.10. The Morgan fingerprint density at radius 2 is 2.26 bits per heavy atom. The molecule has 2 aromatic rings. The molecule has 0 bridgehead atoms. The van der Waals surface area contributed by atoms with E-state index in [1.165, 1.54) is 6.07 Å². The van der Waals surface area contributed by atoms with Gasteiger partial charge in [0.25, 0.3) is 0 Å². The van der Waals surface area contributed by atoms with Gasteiger partial charge in [-0.1, -0.05) is 0 Å². The summed E-state index contributed by atoms with van der Waals surface area (Å²) in [6.45, 7) is 2.71. The predicted molar refractivity (Wildman–Crippen MR) is 83.2 cm³/mol. The molecule has 1 heterocycles. The topological polar surface area (TPSA) is 27.1 Å². The summed E-state index contributed by atoms with van der Waals surface area (Å²) in [5.74, 6) is 0.848. The molecule has 1 atom stereocenters. The first-order chi connectivity index (χ1) is 9.08. The summed E-state index contributed by atoms with van der Waals surface area (Å²) in [6.07, 6.45) is 0.833. The average Bonchev–Trinajstić information content (AvgIpc) is 2.74. The van der Waals surface area contributed by atoms with Crippen LogP contribution in [0.1, 0.15) is 25.2 Å². The van der Waals surface area contributed by atoms with Gasteiger partial charge in [-0.05, 0) is 42.0 Å². The van der Waals surface area contributed by atoms with Gasteiger partial charge in [-0.2, -0.15) is 0 Å². The van der Waals surface area contributed by atoms with Gasteiger partial charge in [0.1, 0.15) is 11.6 Å². The van der Waals surface area contributed by atoms with E-state index < -0.39 is 0 Å². The molecule has 2 rings (SSSR count). The molecule has 3 nitrogen and oxygen atoms in total. The summed E-state index contributed by atoms with van der Waals surface area (Å²) in [6, 6.07) is 3.45. The van der Waals surface area contributed by atoms with Crippen molar-refractivity contribution >= 4 is 45.2 Å². The molecule has 1 aromatic carbocycles. The van der Waals surface area contributed by atoms with Crippen molar-refractivity contribution in [2.45, 2.75) is 25.3 Å². The van der Waals surface area contributed by atoms with Crippen molar-refractivity contribution in [3.05, 3.63) is 27.3 Å². The zero-order valence-electron chi connectivity index (χ0n) is 10.8. The van der Waals surface area contributed by atoms with Gasteiger partial charge in [-0.3, -0.25) is 0 Å². The zero-order chi connectivity index (χ0) is 14.0. The van der Waals surface area contributed by atoms with Gasteiger partial charge in [0.2, 0.25) is 0 Å². The Hall–Kier alpha value is -0.400. The summed E-state index contributed by atoms with van der Waals surface area (Å²) in [5, 5.41) is 0. The van der Waals surface area contributed by atoms with Crippen LogP contribution in [0.15, 0.2) is 12.1 Å². The number of hydrogen-bond acceptors (Lipinski definition) is 2. The van der Waals surface area contributed by atoms with Crippen LogP contribution in [0, 0.1) is 9.39 Å². The predicted octanol–water partition coefficient (Wildman–Crippen LogP) is 4.12. The van der Waals surface area contributed by atoms with Gasteiger partial charge in [-0.15, -0.1) is 11.6 Å². The Balaban J connectivity index is 2.53. The second-order valence-electron chi connectivity index (χ2n) is 4.42. The third-order valence-electron chi connectivity index (χ3n) is 3.10. The molecule has 0 radical (unpaired) electrons. The number of imidazole rings is 1. The van der Waals surface area contributed by atoms with Gasteiger partial charge in [-0.25, -0.2) is 9.37 Å². The summed E-state index contributed by atoms with van der Waals surface area (Å²) < 4.78 is 21.4. The van der Waals surface area contributed by atoms with Crippen molar-refractivity contribution in [1.29, 1.82) is 0 Å². The molecule has 0 aliphatic rings.